The summed E-state index contributed by atoms with van der Waals surface area (Å²) in [5, 5.41) is 3.14. The Labute approximate surface area is 159 Å². The quantitative estimate of drug-likeness (QED) is 0.668. The van der Waals surface area contributed by atoms with E-state index in [4.69, 9.17) is 9.47 Å². The Kier molecular flexibility index (Phi) is 6.10. The fourth-order valence-electron chi connectivity index (χ4n) is 2.95. The fraction of sp³-hybridized carbons (Fsp3) is 0.174. The Morgan fingerprint density at radius 3 is 2.19 bits per heavy atom. The molecule has 0 spiro atoms. The van der Waals surface area contributed by atoms with Gasteiger partial charge in [-0.1, -0.05) is 54.6 Å². The molecule has 0 fully saturated rings. The summed E-state index contributed by atoms with van der Waals surface area (Å²) in [6.07, 6.45) is 0. The van der Waals surface area contributed by atoms with Crippen molar-refractivity contribution in [3.8, 4) is 11.5 Å². The Hall–Kier alpha value is -3.27. The van der Waals surface area contributed by atoms with Crippen molar-refractivity contribution in [3.05, 3.63) is 95.6 Å². The van der Waals surface area contributed by atoms with Gasteiger partial charge in [-0.3, -0.25) is 4.79 Å². The van der Waals surface area contributed by atoms with Crippen LogP contribution in [0.3, 0.4) is 0 Å². The first-order chi connectivity index (χ1) is 13.2. The monoisotopic (exact) mass is 361 g/mol. The Bertz CT molecular complexity index is 876. The molecular weight excluding hydrogens is 338 g/mol. The molecule has 3 aromatic rings. The van der Waals surface area contributed by atoms with Gasteiger partial charge in [-0.25, -0.2) is 0 Å². The van der Waals surface area contributed by atoms with E-state index in [1.165, 1.54) is 0 Å². The minimum Gasteiger partial charge on any atom is -0.497 e. The molecule has 4 heteroatoms. The maximum atomic E-state index is 13.0. The lowest BCUT2D eigenvalue weighted by Gasteiger charge is -2.21. The van der Waals surface area contributed by atoms with Crippen LogP contribution in [-0.4, -0.2) is 19.6 Å². The van der Waals surface area contributed by atoms with Crippen LogP contribution in [0.15, 0.2) is 78.9 Å². The van der Waals surface area contributed by atoms with Gasteiger partial charge in [-0.2, -0.15) is 0 Å². The second-order valence-electron chi connectivity index (χ2n) is 6.02. The molecule has 0 saturated carbocycles. The molecule has 0 aliphatic heterocycles. The van der Waals surface area contributed by atoms with Gasteiger partial charge in [0, 0.05) is 0 Å². The highest BCUT2D eigenvalue weighted by atomic mass is 16.5. The van der Waals surface area contributed by atoms with Crippen LogP contribution < -0.4 is 14.8 Å². The van der Waals surface area contributed by atoms with Crippen molar-refractivity contribution < 1.29 is 14.3 Å². The number of hydrogen-bond donors (Lipinski definition) is 1. The van der Waals surface area contributed by atoms with Gasteiger partial charge in [-0.15, -0.1) is 0 Å². The van der Waals surface area contributed by atoms with Gasteiger partial charge in [0.1, 0.15) is 11.5 Å². The summed E-state index contributed by atoms with van der Waals surface area (Å²) < 4.78 is 10.8. The minimum atomic E-state index is -0.278. The number of carbonyl (C=O) groups is 1. The van der Waals surface area contributed by atoms with Gasteiger partial charge in [0.2, 0.25) is 0 Å². The van der Waals surface area contributed by atoms with Crippen molar-refractivity contribution in [1.29, 1.82) is 0 Å². The second-order valence-corrected chi connectivity index (χ2v) is 6.02. The van der Waals surface area contributed by atoms with Crippen molar-refractivity contribution in [2.24, 2.45) is 0 Å². The molecule has 0 saturated heterocycles. The number of rotatable bonds is 7. The van der Waals surface area contributed by atoms with E-state index in [0.29, 0.717) is 17.9 Å². The molecule has 1 atom stereocenters. The summed E-state index contributed by atoms with van der Waals surface area (Å²) in [6, 6.07) is 24.6. The highest BCUT2D eigenvalue weighted by molar-refractivity contribution is 5.97. The lowest BCUT2D eigenvalue weighted by molar-refractivity contribution is 0.0939. The molecule has 0 heterocycles. The number of amides is 1. The molecule has 4 nitrogen and oxygen atoms in total. The minimum absolute atomic E-state index is 0.177. The van der Waals surface area contributed by atoms with E-state index in [0.717, 1.165) is 16.9 Å². The molecule has 0 aliphatic carbocycles. The first-order valence-electron chi connectivity index (χ1n) is 8.94. The Morgan fingerprint density at radius 1 is 0.889 bits per heavy atom. The molecule has 0 aliphatic rings. The van der Waals surface area contributed by atoms with Gasteiger partial charge in [-0.05, 0) is 42.3 Å². The predicted molar refractivity (Wildman–Crippen MR) is 106 cm³/mol. The van der Waals surface area contributed by atoms with Crippen molar-refractivity contribution in [2.45, 2.75) is 13.0 Å². The molecular formula is C23H23NO3. The number of ether oxygens (including phenoxy) is 2. The SMILES string of the molecule is CCOc1ccccc1C(=O)N[C@@H](c1ccccc1)c1ccc(OC)cc1. The molecule has 3 aromatic carbocycles. The first-order valence-corrected chi connectivity index (χ1v) is 8.94. The molecule has 0 bridgehead atoms. The van der Waals surface area contributed by atoms with Crippen LogP contribution in [0.1, 0.15) is 34.5 Å². The zero-order valence-corrected chi connectivity index (χ0v) is 15.5. The third kappa shape index (κ3) is 4.47. The zero-order valence-electron chi connectivity index (χ0n) is 15.5. The topological polar surface area (TPSA) is 47.6 Å². The Morgan fingerprint density at radius 2 is 1.52 bits per heavy atom. The van der Waals surface area contributed by atoms with E-state index in [-0.39, 0.29) is 11.9 Å². The number of nitrogens with one attached hydrogen (secondary N) is 1. The predicted octanol–water partition coefficient (Wildman–Crippen LogP) is 4.61. The van der Waals surface area contributed by atoms with Crippen LogP contribution in [0.25, 0.3) is 0 Å². The van der Waals surface area contributed by atoms with Crippen molar-refractivity contribution in [3.63, 3.8) is 0 Å². The van der Waals surface area contributed by atoms with Gasteiger partial charge >= 0.3 is 0 Å². The molecule has 138 valence electrons. The largest absolute Gasteiger partial charge is 0.497 e. The van der Waals surface area contributed by atoms with Crippen molar-refractivity contribution in [2.75, 3.05) is 13.7 Å². The third-order valence-corrected chi connectivity index (χ3v) is 4.29. The molecule has 27 heavy (non-hydrogen) atoms. The van der Waals surface area contributed by atoms with Crippen molar-refractivity contribution in [1.82, 2.24) is 5.32 Å². The van der Waals surface area contributed by atoms with Crippen LogP contribution in [-0.2, 0) is 0 Å². The van der Waals surface area contributed by atoms with Gasteiger partial charge in [0.25, 0.3) is 5.91 Å². The van der Waals surface area contributed by atoms with E-state index in [2.05, 4.69) is 5.32 Å². The van der Waals surface area contributed by atoms with Crippen molar-refractivity contribution >= 4 is 5.91 Å². The molecule has 1 amide bonds. The summed E-state index contributed by atoms with van der Waals surface area (Å²) in [5.74, 6) is 1.18. The highest BCUT2D eigenvalue weighted by Crippen LogP contribution is 2.26. The fourth-order valence-corrected chi connectivity index (χ4v) is 2.95. The second kappa shape index (κ2) is 8.90. The average Bonchev–Trinajstić information content (AvgIpc) is 2.73. The smallest absolute Gasteiger partial charge is 0.255 e. The maximum absolute atomic E-state index is 13.0. The molecule has 0 unspecified atom stereocenters. The lowest BCUT2D eigenvalue weighted by Crippen LogP contribution is -2.29. The third-order valence-electron chi connectivity index (χ3n) is 4.29. The number of benzene rings is 3. The average molecular weight is 361 g/mol. The van der Waals surface area contributed by atoms with E-state index < -0.39 is 0 Å². The molecule has 1 N–H and O–H groups in total. The van der Waals surface area contributed by atoms with E-state index in [9.17, 15) is 4.79 Å². The van der Waals surface area contributed by atoms with Gasteiger partial charge < -0.3 is 14.8 Å². The lowest BCUT2D eigenvalue weighted by atomic mass is 9.98. The number of hydrogen-bond acceptors (Lipinski definition) is 3. The molecule has 0 aromatic heterocycles. The van der Waals surface area contributed by atoms with Crippen LogP contribution in [0.2, 0.25) is 0 Å². The van der Waals surface area contributed by atoms with Crippen LogP contribution in [0, 0.1) is 0 Å². The normalized spacial score (nSPS) is 11.5. The number of para-hydroxylation sites is 1. The van der Waals surface area contributed by atoms with E-state index >= 15 is 0 Å². The van der Waals surface area contributed by atoms with Crippen LogP contribution in [0.5, 0.6) is 11.5 Å². The number of carbonyl (C=O) groups excluding carboxylic acids is 1. The van der Waals surface area contributed by atoms with E-state index in [1.807, 2.05) is 79.7 Å². The van der Waals surface area contributed by atoms with Crippen LogP contribution in [0.4, 0.5) is 0 Å². The molecule has 0 radical (unpaired) electrons. The summed E-state index contributed by atoms with van der Waals surface area (Å²) >= 11 is 0. The van der Waals surface area contributed by atoms with Gasteiger partial charge in [0.05, 0.1) is 25.3 Å². The summed E-state index contributed by atoms with van der Waals surface area (Å²) in [5.41, 5.74) is 2.50. The summed E-state index contributed by atoms with van der Waals surface area (Å²) in [6.45, 7) is 2.41. The molecule has 3 rings (SSSR count). The van der Waals surface area contributed by atoms with Crippen LogP contribution >= 0.6 is 0 Å². The Balaban J connectivity index is 1.93. The summed E-state index contributed by atoms with van der Waals surface area (Å²) in [4.78, 5) is 13.0. The first kappa shape index (κ1) is 18.5. The summed E-state index contributed by atoms with van der Waals surface area (Å²) in [7, 11) is 1.64. The maximum Gasteiger partial charge on any atom is 0.255 e. The van der Waals surface area contributed by atoms with E-state index in [1.54, 1.807) is 13.2 Å². The standard InChI is InChI=1S/C23H23NO3/c1-3-27-21-12-8-7-11-20(21)23(25)24-22(17-9-5-4-6-10-17)18-13-15-19(26-2)16-14-18/h4-16,22H,3H2,1-2H3,(H,24,25)/t22-/m0/s1. The zero-order chi connectivity index (χ0) is 19.1. The highest BCUT2D eigenvalue weighted by Gasteiger charge is 2.20. The number of methoxy groups -OCH3 is 1. The van der Waals surface area contributed by atoms with Gasteiger partial charge in [0.15, 0.2) is 0 Å².